The van der Waals surface area contributed by atoms with E-state index in [1.54, 1.807) is 6.07 Å². The second-order valence-electron chi connectivity index (χ2n) is 8.12. The molecule has 3 rings (SSSR count). The highest BCUT2D eigenvalue weighted by Gasteiger charge is 2.37. The number of carbonyl (C=O) groups is 1. The molecule has 2 N–H and O–H groups in total. The molecule has 2 aromatic heterocycles. The van der Waals surface area contributed by atoms with Gasteiger partial charge in [-0.2, -0.15) is 0 Å². The van der Waals surface area contributed by atoms with Crippen molar-refractivity contribution in [3.8, 4) is 0 Å². The van der Waals surface area contributed by atoms with Crippen molar-refractivity contribution in [2.75, 3.05) is 19.6 Å². The van der Waals surface area contributed by atoms with Crippen molar-refractivity contribution in [3.63, 3.8) is 0 Å². The number of fused-ring (bicyclic) bond motifs is 1. The molecular weight excluding hydrogens is 326 g/mol. The quantitative estimate of drug-likeness (QED) is 0.804. The van der Waals surface area contributed by atoms with Gasteiger partial charge < -0.3 is 14.6 Å². The van der Waals surface area contributed by atoms with Gasteiger partial charge >= 0.3 is 0 Å². The average molecular weight is 351 g/mol. The van der Waals surface area contributed by atoms with Crippen LogP contribution in [0.15, 0.2) is 16.5 Å². The number of furan rings is 1. The minimum atomic E-state index is -0.202. The first kappa shape index (κ1) is 17.2. The van der Waals surface area contributed by atoms with Crippen LogP contribution in [0.2, 0.25) is 5.15 Å². The monoisotopic (exact) mass is 350 g/mol. The van der Waals surface area contributed by atoms with E-state index in [1.165, 1.54) is 0 Å². The van der Waals surface area contributed by atoms with E-state index >= 15 is 0 Å². The zero-order chi connectivity index (χ0) is 17.7. The van der Waals surface area contributed by atoms with E-state index in [-0.39, 0.29) is 16.9 Å². The van der Waals surface area contributed by atoms with Crippen LogP contribution in [0.25, 0.3) is 11.1 Å². The molecule has 5 nitrogen and oxygen atoms in total. The lowest BCUT2D eigenvalue weighted by Gasteiger charge is -2.39. The Balaban J connectivity index is 2.06. The number of hydrogen-bond acceptors (Lipinski definition) is 3. The molecule has 2 aromatic rings. The van der Waals surface area contributed by atoms with Crippen molar-refractivity contribution in [2.45, 2.75) is 45.6 Å². The van der Waals surface area contributed by atoms with Crippen molar-refractivity contribution in [2.24, 2.45) is 0 Å². The van der Waals surface area contributed by atoms with E-state index in [2.05, 4.69) is 44.9 Å². The van der Waals surface area contributed by atoms with Crippen LogP contribution >= 0.6 is 11.6 Å². The lowest BCUT2D eigenvalue weighted by atomic mass is 9.87. The van der Waals surface area contributed by atoms with Gasteiger partial charge in [0.2, 0.25) is 0 Å². The van der Waals surface area contributed by atoms with E-state index in [4.69, 9.17) is 16.0 Å². The van der Waals surface area contributed by atoms with E-state index in [1.807, 2.05) is 11.0 Å². The maximum absolute atomic E-state index is 13.0. The Morgan fingerprint density at radius 1 is 1.38 bits per heavy atom. The highest BCUT2D eigenvalue weighted by atomic mass is 35.5. The number of pyridine rings is 1. The average Bonchev–Trinajstić information content (AvgIpc) is 2.87. The molecule has 130 valence electrons. The summed E-state index contributed by atoms with van der Waals surface area (Å²) in [5.74, 6) is 0.252. The molecule has 6 heteroatoms. The van der Waals surface area contributed by atoms with Gasteiger partial charge in [0.05, 0.1) is 25.2 Å². The van der Waals surface area contributed by atoms with Crippen molar-refractivity contribution >= 4 is 28.6 Å². The summed E-state index contributed by atoms with van der Waals surface area (Å²) in [6.45, 7) is 12.9. The van der Waals surface area contributed by atoms with Crippen molar-refractivity contribution in [1.82, 2.24) is 9.88 Å². The summed E-state index contributed by atoms with van der Waals surface area (Å²) >= 11 is 6.16. The normalized spacial score (nSPS) is 18.2. The fraction of sp³-hybridized carbons (Fsp3) is 0.556. The minimum absolute atomic E-state index is 0.0814. The molecule has 1 saturated heterocycles. The number of nitrogens with two attached hydrogens (primary N) is 1. The number of halogens is 1. The van der Waals surface area contributed by atoms with E-state index in [0.717, 1.165) is 18.7 Å². The Hall–Kier alpha value is -1.59. The lowest BCUT2D eigenvalue weighted by molar-refractivity contribution is -0.673. The van der Waals surface area contributed by atoms with Gasteiger partial charge in [-0.05, 0) is 25.3 Å². The van der Waals surface area contributed by atoms with Gasteiger partial charge in [-0.1, -0.05) is 32.4 Å². The van der Waals surface area contributed by atoms with Crippen molar-refractivity contribution < 1.29 is 14.5 Å². The largest absolute Gasteiger partial charge is 0.449 e. The summed E-state index contributed by atoms with van der Waals surface area (Å²) < 4.78 is 5.97. The maximum atomic E-state index is 13.0. The summed E-state index contributed by atoms with van der Waals surface area (Å²) in [5, 5.41) is 2.65. The van der Waals surface area contributed by atoms with E-state index in [0.29, 0.717) is 28.6 Å². The number of amides is 1. The van der Waals surface area contributed by atoms with Crippen LogP contribution in [0.4, 0.5) is 0 Å². The third kappa shape index (κ3) is 3.03. The van der Waals surface area contributed by atoms with E-state index in [9.17, 15) is 4.79 Å². The Kier molecular flexibility index (Phi) is 4.12. The smallest absolute Gasteiger partial charge is 0.290 e. The third-order valence-corrected chi connectivity index (χ3v) is 4.84. The summed E-state index contributed by atoms with van der Waals surface area (Å²) in [6, 6.07) is 3.54. The summed E-state index contributed by atoms with van der Waals surface area (Å²) in [7, 11) is 0. The van der Waals surface area contributed by atoms with Gasteiger partial charge in [-0.3, -0.25) is 4.79 Å². The Bertz CT molecular complexity index is 789. The molecule has 0 bridgehead atoms. The first-order chi connectivity index (χ1) is 11.1. The number of aromatic nitrogens is 1. The second-order valence-corrected chi connectivity index (χ2v) is 8.51. The van der Waals surface area contributed by atoms with Crippen molar-refractivity contribution in [1.29, 1.82) is 0 Å². The van der Waals surface area contributed by atoms with Crippen LogP contribution in [-0.2, 0) is 5.41 Å². The fourth-order valence-corrected chi connectivity index (χ4v) is 3.45. The summed E-state index contributed by atoms with van der Waals surface area (Å²) in [4.78, 5) is 19.2. The molecule has 0 aliphatic carbocycles. The summed E-state index contributed by atoms with van der Waals surface area (Å²) in [5.41, 5.74) is 1.89. The van der Waals surface area contributed by atoms with Crippen molar-refractivity contribution in [3.05, 3.63) is 28.6 Å². The molecule has 24 heavy (non-hydrogen) atoms. The van der Waals surface area contributed by atoms with Crippen LogP contribution in [-0.4, -0.2) is 41.0 Å². The molecule has 1 fully saturated rings. The molecule has 0 atom stereocenters. The van der Waals surface area contributed by atoms with E-state index < -0.39 is 0 Å². The molecule has 1 aliphatic rings. The fourth-order valence-electron chi connectivity index (χ4n) is 3.25. The first-order valence-electron chi connectivity index (χ1n) is 8.34. The predicted octanol–water partition coefficient (Wildman–Crippen LogP) is 2.58. The Morgan fingerprint density at radius 2 is 2.08 bits per heavy atom. The predicted molar refractivity (Wildman–Crippen MR) is 94.5 cm³/mol. The zero-order valence-corrected chi connectivity index (χ0v) is 15.7. The number of quaternary nitrogens is 1. The SMILES string of the molecule is CC(C)(C)c1cc(Cl)nc2cc(C(=O)N3CC[NH2+]CC3(C)C)oc12. The number of hydrogen-bond donors (Lipinski definition) is 1. The van der Waals surface area contributed by atoms with Gasteiger partial charge in [0.1, 0.15) is 10.7 Å². The molecule has 0 radical (unpaired) electrons. The van der Waals surface area contributed by atoms with Gasteiger partial charge in [0.25, 0.3) is 5.91 Å². The Labute approximate surface area is 147 Å². The minimum Gasteiger partial charge on any atom is -0.449 e. The van der Waals surface area contributed by atoms with Gasteiger partial charge in [0, 0.05) is 11.6 Å². The van der Waals surface area contributed by atoms with Gasteiger partial charge in [-0.25, -0.2) is 4.98 Å². The summed E-state index contributed by atoms with van der Waals surface area (Å²) in [6.07, 6.45) is 0. The molecule has 3 heterocycles. The molecule has 0 saturated carbocycles. The number of carbonyl (C=O) groups excluding carboxylic acids is 1. The third-order valence-electron chi connectivity index (χ3n) is 4.64. The van der Waals surface area contributed by atoms with Crippen LogP contribution < -0.4 is 5.32 Å². The molecule has 0 unspecified atom stereocenters. The molecular formula is C18H25ClN3O2+. The standard InChI is InChI=1S/C18H24ClN3O2/c1-17(2,3)11-8-14(19)21-12-9-13(24-15(11)12)16(23)22-7-6-20-10-18(22,4)5/h8-9,20H,6-7,10H2,1-5H3/p+1. The molecule has 1 amide bonds. The van der Waals surface area contributed by atoms with Gasteiger partial charge in [0.15, 0.2) is 11.3 Å². The number of rotatable bonds is 1. The highest BCUT2D eigenvalue weighted by Crippen LogP contribution is 2.33. The van der Waals surface area contributed by atoms with Crippen LogP contribution in [0.1, 0.15) is 50.7 Å². The highest BCUT2D eigenvalue weighted by molar-refractivity contribution is 6.29. The molecule has 1 aliphatic heterocycles. The van der Waals surface area contributed by atoms with Crippen LogP contribution in [0, 0.1) is 0 Å². The second kappa shape index (κ2) is 5.74. The van der Waals surface area contributed by atoms with Crippen LogP contribution in [0.5, 0.6) is 0 Å². The number of piperazine rings is 1. The maximum Gasteiger partial charge on any atom is 0.290 e. The lowest BCUT2D eigenvalue weighted by Crippen LogP contribution is -2.93. The molecule has 0 spiro atoms. The van der Waals surface area contributed by atoms with Crippen LogP contribution in [0.3, 0.4) is 0 Å². The molecule has 0 aromatic carbocycles. The Morgan fingerprint density at radius 3 is 2.71 bits per heavy atom. The topological polar surface area (TPSA) is 63.0 Å². The first-order valence-corrected chi connectivity index (χ1v) is 8.71. The zero-order valence-electron chi connectivity index (χ0n) is 14.9. The van der Waals surface area contributed by atoms with Gasteiger partial charge in [-0.15, -0.1) is 0 Å². The number of nitrogens with zero attached hydrogens (tertiary/aromatic N) is 2.